The van der Waals surface area contributed by atoms with E-state index in [-0.39, 0.29) is 30.6 Å². The first-order valence-electron chi connectivity index (χ1n) is 17.6. The zero-order chi connectivity index (χ0) is 35.1. The molecule has 50 heavy (non-hydrogen) atoms. The minimum Gasteiger partial charge on any atom is -0.467 e. The van der Waals surface area contributed by atoms with E-state index in [0.29, 0.717) is 49.6 Å². The Balaban J connectivity index is 1.30. The maximum Gasteiger partial charge on any atom is 0.410 e. The monoisotopic (exact) mass is 681 g/mol. The van der Waals surface area contributed by atoms with Crippen molar-refractivity contribution in [3.05, 3.63) is 102 Å². The lowest BCUT2D eigenvalue weighted by atomic mass is 10.00. The van der Waals surface area contributed by atoms with Crippen molar-refractivity contribution in [2.75, 3.05) is 19.6 Å². The number of alkyl carbamates (subject to hydrolysis) is 1. The molecule has 1 aliphatic heterocycles. The van der Waals surface area contributed by atoms with Gasteiger partial charge in [-0.2, -0.15) is 0 Å². The molecule has 1 saturated heterocycles. The summed E-state index contributed by atoms with van der Waals surface area (Å²) in [6.45, 7) is 6.80. The fourth-order valence-corrected chi connectivity index (χ4v) is 6.92. The summed E-state index contributed by atoms with van der Waals surface area (Å²) >= 11 is 0. The molecule has 0 unspecified atom stereocenters. The number of furan rings is 1. The largest absolute Gasteiger partial charge is 0.467 e. The summed E-state index contributed by atoms with van der Waals surface area (Å²) in [5.74, 6) is 0.440. The summed E-state index contributed by atoms with van der Waals surface area (Å²) < 4.78 is 19.2. The van der Waals surface area contributed by atoms with Crippen LogP contribution in [0.2, 0.25) is 0 Å². The zero-order valence-electron chi connectivity index (χ0n) is 29.1. The number of piperazine rings is 1. The van der Waals surface area contributed by atoms with E-state index in [9.17, 15) is 14.4 Å². The minimum atomic E-state index is -0.629. The molecule has 0 bridgehead atoms. The Morgan fingerprint density at radius 3 is 2.38 bits per heavy atom. The van der Waals surface area contributed by atoms with Gasteiger partial charge in [-0.3, -0.25) is 4.79 Å². The number of ether oxygens (including phenoxy) is 2. The molecule has 4 aromatic rings. The number of aromatic nitrogens is 2. The fraction of sp³-hybridized carbons (Fsp3) is 0.436. The summed E-state index contributed by atoms with van der Waals surface area (Å²) in [5, 5.41) is 2.81. The molecular weight excluding hydrogens is 634 g/mol. The average Bonchev–Trinajstić information content (AvgIpc) is 3.74. The van der Waals surface area contributed by atoms with Crippen molar-refractivity contribution >= 4 is 18.1 Å². The Hall–Kier alpha value is -5.06. The molecule has 2 aliphatic rings. The van der Waals surface area contributed by atoms with Crippen LogP contribution < -0.4 is 5.32 Å². The van der Waals surface area contributed by atoms with Gasteiger partial charge in [0.25, 0.3) is 5.91 Å². The first-order valence-corrected chi connectivity index (χ1v) is 17.6. The molecule has 264 valence electrons. The van der Waals surface area contributed by atoms with Crippen molar-refractivity contribution in [2.45, 2.75) is 89.6 Å². The number of hydrogen-bond donors (Lipinski definition) is 1. The van der Waals surface area contributed by atoms with Crippen LogP contribution in [0.25, 0.3) is 11.3 Å². The maximum atomic E-state index is 14.7. The van der Waals surface area contributed by atoms with E-state index in [1.807, 2.05) is 90.9 Å². The van der Waals surface area contributed by atoms with Crippen LogP contribution in [0.4, 0.5) is 9.59 Å². The summed E-state index contributed by atoms with van der Waals surface area (Å²) in [5.41, 5.74) is 2.32. The lowest BCUT2D eigenvalue weighted by Crippen LogP contribution is -2.58. The van der Waals surface area contributed by atoms with Crippen LogP contribution in [0, 0.1) is 0 Å². The number of nitrogens with one attached hydrogen (secondary N) is 1. The number of benzene rings is 2. The van der Waals surface area contributed by atoms with Crippen molar-refractivity contribution in [3.63, 3.8) is 0 Å². The number of amides is 3. The Labute approximate surface area is 293 Å². The van der Waals surface area contributed by atoms with Crippen molar-refractivity contribution in [2.24, 2.45) is 0 Å². The Morgan fingerprint density at radius 2 is 1.66 bits per heavy atom. The zero-order valence-corrected chi connectivity index (χ0v) is 29.1. The summed E-state index contributed by atoms with van der Waals surface area (Å²) in [6.07, 6.45) is 6.92. The molecule has 1 N–H and O–H groups in total. The summed E-state index contributed by atoms with van der Waals surface area (Å²) in [7, 11) is 0. The molecule has 11 heteroatoms. The first kappa shape index (κ1) is 34.8. The first-order chi connectivity index (χ1) is 24.2. The van der Waals surface area contributed by atoms with Crippen LogP contribution in [-0.2, 0) is 22.4 Å². The maximum absolute atomic E-state index is 14.7. The van der Waals surface area contributed by atoms with Crippen LogP contribution in [-0.4, -0.2) is 74.8 Å². The third kappa shape index (κ3) is 8.56. The van der Waals surface area contributed by atoms with Gasteiger partial charge in [-0.05, 0) is 64.2 Å². The molecule has 6 rings (SSSR count). The lowest BCUT2D eigenvalue weighted by Gasteiger charge is -2.41. The van der Waals surface area contributed by atoms with Gasteiger partial charge in [0.15, 0.2) is 5.69 Å². The third-order valence-corrected chi connectivity index (χ3v) is 9.27. The van der Waals surface area contributed by atoms with Gasteiger partial charge in [0.05, 0.1) is 36.9 Å². The molecule has 2 aromatic heterocycles. The molecule has 3 atom stereocenters. The van der Waals surface area contributed by atoms with E-state index >= 15 is 0 Å². The van der Waals surface area contributed by atoms with Gasteiger partial charge in [0.1, 0.15) is 17.5 Å². The number of imidazole rings is 1. The molecule has 1 saturated carbocycles. The van der Waals surface area contributed by atoms with Gasteiger partial charge in [-0.15, -0.1) is 0 Å². The Bertz CT molecular complexity index is 1720. The van der Waals surface area contributed by atoms with E-state index in [0.717, 1.165) is 36.8 Å². The predicted octanol–water partition coefficient (Wildman–Crippen LogP) is 7.25. The Kier molecular flexibility index (Phi) is 10.9. The molecule has 2 aromatic carbocycles. The number of carbonyl (C=O) groups is 3. The van der Waals surface area contributed by atoms with Crippen molar-refractivity contribution in [1.82, 2.24) is 24.7 Å². The molecule has 2 fully saturated rings. The fourth-order valence-electron chi connectivity index (χ4n) is 6.92. The Morgan fingerprint density at radius 1 is 0.920 bits per heavy atom. The molecule has 11 nitrogen and oxygen atoms in total. The smallest absolute Gasteiger partial charge is 0.410 e. The molecule has 3 heterocycles. The third-order valence-electron chi connectivity index (χ3n) is 9.27. The molecule has 1 aliphatic carbocycles. The van der Waals surface area contributed by atoms with Crippen LogP contribution in [0.15, 0.2) is 89.8 Å². The van der Waals surface area contributed by atoms with Crippen molar-refractivity contribution in [3.8, 4) is 11.3 Å². The van der Waals surface area contributed by atoms with Crippen LogP contribution >= 0.6 is 0 Å². The van der Waals surface area contributed by atoms with Gasteiger partial charge < -0.3 is 33.6 Å². The number of hydrogen-bond acceptors (Lipinski definition) is 7. The second-order valence-electron chi connectivity index (χ2n) is 14.1. The van der Waals surface area contributed by atoms with E-state index < -0.39 is 17.8 Å². The van der Waals surface area contributed by atoms with Gasteiger partial charge in [-0.25, -0.2) is 14.6 Å². The highest BCUT2D eigenvalue weighted by atomic mass is 16.6. The molecule has 0 spiro atoms. The molecule has 3 amide bonds. The topological polar surface area (TPSA) is 119 Å². The minimum absolute atomic E-state index is 0.199. The highest BCUT2D eigenvalue weighted by Crippen LogP contribution is 2.36. The van der Waals surface area contributed by atoms with Crippen molar-refractivity contribution < 1.29 is 28.3 Å². The van der Waals surface area contributed by atoms with Crippen LogP contribution in [0.1, 0.15) is 80.7 Å². The summed E-state index contributed by atoms with van der Waals surface area (Å²) in [6, 6.07) is 22.8. The SMILES string of the molecule is CC(C)(C)OC(=O)N1CCN(C(=O)c2ncn([C@@H]3CCCCC[C@H]3OC(=O)NCc3ccco3)c2-c2ccccc2)[C@H](Cc2ccccc2)C1. The van der Waals surface area contributed by atoms with Gasteiger partial charge in [-0.1, -0.05) is 73.5 Å². The van der Waals surface area contributed by atoms with Gasteiger partial charge in [0, 0.05) is 25.2 Å². The molecular formula is C39H47N5O6. The van der Waals surface area contributed by atoms with Crippen molar-refractivity contribution in [1.29, 1.82) is 0 Å². The quantitative estimate of drug-likeness (QED) is 0.195. The van der Waals surface area contributed by atoms with E-state index in [2.05, 4.69) is 5.32 Å². The highest BCUT2D eigenvalue weighted by molar-refractivity contribution is 5.98. The normalized spacial score (nSPS) is 19.8. The number of carbonyl (C=O) groups excluding carboxylic acids is 3. The second kappa shape index (κ2) is 15.7. The highest BCUT2D eigenvalue weighted by Gasteiger charge is 2.38. The lowest BCUT2D eigenvalue weighted by molar-refractivity contribution is 0.00429. The molecule has 0 radical (unpaired) electrons. The number of nitrogens with zero attached hydrogens (tertiary/aromatic N) is 4. The van der Waals surface area contributed by atoms with E-state index in [4.69, 9.17) is 18.9 Å². The number of rotatable bonds is 8. The second-order valence-corrected chi connectivity index (χ2v) is 14.1. The average molecular weight is 682 g/mol. The standard InChI is InChI=1S/C39H47N5O6/c1-39(2,3)50-38(47)42-21-22-43(30(26-42)24-28-14-7-4-8-15-28)36(45)34-35(29-16-9-5-10-17-29)44(27-41-34)32-19-11-6-12-20-33(32)49-37(46)40-25-31-18-13-23-48-31/h4-5,7-10,13-18,23,27,30,32-33H,6,11-12,19-22,24-26H2,1-3H3,(H,40,46)/t30-,32-,33-/m1/s1. The van der Waals surface area contributed by atoms with Gasteiger partial charge in [0.2, 0.25) is 0 Å². The van der Waals surface area contributed by atoms with Gasteiger partial charge >= 0.3 is 12.2 Å². The van der Waals surface area contributed by atoms with E-state index in [1.54, 1.807) is 29.6 Å². The predicted molar refractivity (Wildman–Crippen MR) is 188 cm³/mol. The van der Waals surface area contributed by atoms with E-state index in [1.165, 1.54) is 0 Å². The summed E-state index contributed by atoms with van der Waals surface area (Å²) in [4.78, 5) is 49.2. The van der Waals surface area contributed by atoms with Crippen LogP contribution in [0.5, 0.6) is 0 Å². The van der Waals surface area contributed by atoms with Crippen LogP contribution in [0.3, 0.4) is 0 Å².